The molecule has 7 aliphatic rings. The van der Waals surface area contributed by atoms with Gasteiger partial charge in [0.15, 0.2) is 34.5 Å². The van der Waals surface area contributed by atoms with Gasteiger partial charge in [0.1, 0.15) is 0 Å². The normalized spacial score (nSPS) is 25.5. The zero-order chi connectivity index (χ0) is 45.8. The average molecular weight is 874 g/mol. The first kappa shape index (κ1) is 40.2. The Hall–Kier alpha value is -6.15. The third-order valence-corrected chi connectivity index (χ3v) is 17.0. The van der Waals surface area contributed by atoms with Gasteiger partial charge in [0.2, 0.25) is 0 Å². The molecule has 0 fully saturated rings. The molecule has 3 unspecified atom stereocenters. The lowest BCUT2D eigenvalue weighted by Gasteiger charge is -2.40. The Morgan fingerprint density at radius 3 is 1.52 bits per heavy atom. The van der Waals surface area contributed by atoms with Gasteiger partial charge in [-0.05, 0) is 177 Å². The first-order valence-electron chi connectivity index (χ1n) is 23.7. The number of aliphatic imine (C=N–C) groups is 1. The smallest absolute Gasteiger partial charge is 0.171 e. The molecule has 0 saturated carbocycles. The number of fused-ring (bicyclic) bond motifs is 14. The van der Waals surface area contributed by atoms with E-state index in [1.54, 1.807) is 14.2 Å². The Morgan fingerprint density at radius 2 is 0.939 bits per heavy atom. The molecule has 8 nitrogen and oxygen atoms in total. The molecule has 13 rings (SSSR count). The summed E-state index contributed by atoms with van der Waals surface area (Å²) >= 11 is 0. The molecule has 1 aromatic heterocycles. The minimum absolute atomic E-state index is 0.0603. The highest BCUT2D eigenvalue weighted by atomic mass is 16.6. The molecule has 8 heteroatoms. The number of benzene rings is 5. The summed E-state index contributed by atoms with van der Waals surface area (Å²) in [6, 6.07) is 22.4. The second-order valence-electron chi connectivity index (χ2n) is 23.3. The van der Waals surface area contributed by atoms with Crippen molar-refractivity contribution in [3.63, 3.8) is 0 Å². The van der Waals surface area contributed by atoms with E-state index in [0.717, 1.165) is 87.8 Å². The van der Waals surface area contributed by atoms with Crippen molar-refractivity contribution >= 4 is 39.2 Å². The van der Waals surface area contributed by atoms with Gasteiger partial charge in [-0.1, -0.05) is 67.5 Å². The molecule has 66 heavy (non-hydrogen) atoms. The van der Waals surface area contributed by atoms with E-state index in [1.807, 2.05) is 6.08 Å². The summed E-state index contributed by atoms with van der Waals surface area (Å²) in [5.74, 6) is 4.35. The number of rotatable bonds is 2. The molecule has 334 valence electrons. The van der Waals surface area contributed by atoms with E-state index >= 15 is 0 Å². The Balaban J connectivity index is 0.892. The molecular weight excluding hydrogens is 817 g/mol. The number of aromatic nitrogens is 2. The largest absolute Gasteiger partial charge is 0.672 e. The Kier molecular flexibility index (Phi) is 7.56. The van der Waals surface area contributed by atoms with Crippen LogP contribution in [-0.4, -0.2) is 35.9 Å². The quantitative estimate of drug-likeness (QED) is 0.161. The number of methoxy groups -OCH3 is 2. The topological polar surface area (TPSA) is 89.2 Å². The maximum Gasteiger partial charge on any atom is 0.171 e. The third kappa shape index (κ3) is 5.19. The summed E-state index contributed by atoms with van der Waals surface area (Å²) in [5.41, 5.74) is 18.9. The molecule has 0 bridgehead atoms. The first-order valence-corrected chi connectivity index (χ1v) is 23.7. The molecule has 3 heterocycles. The summed E-state index contributed by atoms with van der Waals surface area (Å²) in [5, 5.41) is 5.39. The van der Waals surface area contributed by atoms with Crippen LogP contribution in [0.15, 0.2) is 89.3 Å². The van der Waals surface area contributed by atoms with Crippen molar-refractivity contribution in [3.8, 4) is 23.0 Å². The predicted octanol–water partition coefficient (Wildman–Crippen LogP) is 13.4. The number of hydrogen-bond donors (Lipinski definition) is 0. The summed E-state index contributed by atoms with van der Waals surface area (Å²) in [6.07, 6.45) is 8.08. The second kappa shape index (κ2) is 12.4. The van der Waals surface area contributed by atoms with Crippen LogP contribution in [0.3, 0.4) is 0 Å². The lowest BCUT2D eigenvalue weighted by molar-refractivity contribution is 0.291. The van der Waals surface area contributed by atoms with Crippen LogP contribution >= 0.6 is 0 Å². The summed E-state index contributed by atoms with van der Waals surface area (Å²) in [7, 11) is 3.44. The van der Waals surface area contributed by atoms with Crippen molar-refractivity contribution in [3.05, 3.63) is 145 Å². The van der Waals surface area contributed by atoms with Crippen molar-refractivity contribution in [2.45, 2.75) is 133 Å². The SMILES string of the molecule is COc1cc2c(cc1OC)C1(CC2(C)C)CC(C)(C)c2cc3c(cc21)OC1=CC2=Nc4cc5c(cc4[N-]C2C=C1O3)C(C)(C)CC51CC(C)(C)c2cc3nc4cc(C)c(C)cc4nc3cc21. The molecule has 5 aliphatic carbocycles. The zero-order valence-corrected chi connectivity index (χ0v) is 40.3. The first-order chi connectivity index (χ1) is 31.2. The minimum Gasteiger partial charge on any atom is -0.672 e. The van der Waals surface area contributed by atoms with Crippen LogP contribution < -0.4 is 18.9 Å². The van der Waals surface area contributed by atoms with Crippen LogP contribution in [0.25, 0.3) is 27.4 Å². The lowest BCUT2D eigenvalue weighted by atomic mass is 9.72. The highest BCUT2D eigenvalue weighted by molar-refractivity contribution is 6.10. The number of hydrogen-bond acceptors (Lipinski definition) is 7. The molecule has 3 atom stereocenters. The molecule has 2 spiro atoms. The van der Waals surface area contributed by atoms with E-state index in [0.29, 0.717) is 11.5 Å². The van der Waals surface area contributed by atoms with Gasteiger partial charge in [-0.25, -0.2) is 9.97 Å². The molecule has 0 N–H and O–H groups in total. The van der Waals surface area contributed by atoms with E-state index < -0.39 is 0 Å². The van der Waals surface area contributed by atoms with Gasteiger partial charge in [0.05, 0.1) is 36.3 Å². The monoisotopic (exact) mass is 873 g/mol. The highest BCUT2D eigenvalue weighted by Crippen LogP contribution is 2.67. The van der Waals surface area contributed by atoms with Crippen LogP contribution in [0.4, 0.5) is 11.4 Å². The Morgan fingerprint density at radius 1 is 0.515 bits per heavy atom. The molecule has 0 amide bonds. The van der Waals surface area contributed by atoms with Gasteiger partial charge in [-0.2, -0.15) is 0 Å². The third-order valence-electron chi connectivity index (χ3n) is 17.0. The average Bonchev–Trinajstić information content (AvgIpc) is 3.80. The highest BCUT2D eigenvalue weighted by Gasteiger charge is 2.58. The van der Waals surface area contributed by atoms with E-state index in [1.165, 1.54) is 55.6 Å². The van der Waals surface area contributed by atoms with Crippen molar-refractivity contribution in [1.29, 1.82) is 0 Å². The van der Waals surface area contributed by atoms with E-state index in [9.17, 15) is 0 Å². The fourth-order valence-electron chi connectivity index (χ4n) is 14.2. The molecule has 6 aromatic rings. The Bertz CT molecular complexity index is 3370. The lowest BCUT2D eigenvalue weighted by Crippen LogP contribution is -2.28. The maximum atomic E-state index is 6.89. The zero-order valence-electron chi connectivity index (χ0n) is 40.3. The van der Waals surface area contributed by atoms with Crippen molar-refractivity contribution in [2.75, 3.05) is 14.2 Å². The summed E-state index contributed by atoms with van der Waals surface area (Å²) in [6.45, 7) is 23.3. The fraction of sp³-hybridized carbons (Fsp3) is 0.397. The number of ether oxygens (including phenoxy) is 4. The van der Waals surface area contributed by atoms with E-state index in [4.69, 9.17) is 39.2 Å². The van der Waals surface area contributed by atoms with E-state index in [2.05, 4.69) is 136 Å². The molecule has 0 radical (unpaired) electrons. The number of nitrogens with zero attached hydrogens (tertiary/aromatic N) is 4. The molecule has 5 aromatic carbocycles. The Labute approximate surface area is 387 Å². The van der Waals surface area contributed by atoms with Crippen LogP contribution in [0.1, 0.15) is 137 Å². The van der Waals surface area contributed by atoms with Crippen LogP contribution in [0.5, 0.6) is 23.0 Å². The molecular formula is C58H57N4O4-. The molecule has 2 aliphatic heterocycles. The summed E-state index contributed by atoms with van der Waals surface area (Å²) < 4.78 is 25.4. The van der Waals surface area contributed by atoms with Gasteiger partial charge in [0.25, 0.3) is 0 Å². The van der Waals surface area contributed by atoms with Crippen LogP contribution in [-0.2, 0) is 32.5 Å². The standard InChI is InChI=1S/C58H57N4O4/c1-29-13-39-40(14-30(29)2)60-43-17-35-31(15-41(43)59-39)53(3,4)25-57(35)26-54(5,6)32-16-42-44(18-36(32)57)62-46-24-52-51(23-45(46)61-42)65-49-20-34-38(22-50(49)66-52)58(28-56(34,9)10)27-55(7,8)33-19-47(63-11)48(64-12)21-37(33)58/h13-24,45H,25-28H2,1-12H3/q-1. The van der Waals surface area contributed by atoms with Crippen LogP contribution in [0, 0.1) is 13.8 Å². The van der Waals surface area contributed by atoms with E-state index in [-0.39, 0.29) is 38.5 Å². The summed E-state index contributed by atoms with van der Waals surface area (Å²) in [4.78, 5) is 15.8. The van der Waals surface area contributed by atoms with Gasteiger partial charge in [-0.15, -0.1) is 5.69 Å². The van der Waals surface area contributed by atoms with Gasteiger partial charge in [-0.3, -0.25) is 4.99 Å². The van der Waals surface area contributed by atoms with Crippen molar-refractivity contribution in [1.82, 2.24) is 9.97 Å². The van der Waals surface area contributed by atoms with Crippen molar-refractivity contribution in [2.24, 2.45) is 4.99 Å². The number of aryl methyl sites for hydroxylation is 2. The van der Waals surface area contributed by atoms with Crippen LogP contribution in [0.2, 0.25) is 0 Å². The second-order valence-corrected chi connectivity index (χ2v) is 23.3. The predicted molar refractivity (Wildman–Crippen MR) is 262 cm³/mol. The fourth-order valence-corrected chi connectivity index (χ4v) is 14.2. The maximum absolute atomic E-state index is 6.89. The van der Waals surface area contributed by atoms with Gasteiger partial charge in [0, 0.05) is 28.3 Å². The van der Waals surface area contributed by atoms with Gasteiger partial charge >= 0.3 is 0 Å². The van der Waals surface area contributed by atoms with Crippen molar-refractivity contribution < 1.29 is 18.9 Å². The minimum atomic E-state index is -0.283. The molecule has 0 saturated heterocycles. The van der Waals surface area contributed by atoms with Gasteiger partial charge < -0.3 is 24.3 Å².